The van der Waals surface area contributed by atoms with Crippen molar-refractivity contribution in [1.82, 2.24) is 0 Å². The summed E-state index contributed by atoms with van der Waals surface area (Å²) in [6, 6.07) is 0.0732. The Balaban J connectivity index is 2.87. The van der Waals surface area contributed by atoms with Crippen molar-refractivity contribution in [2.24, 2.45) is 5.41 Å². The second-order valence-corrected chi connectivity index (χ2v) is 6.79. The van der Waals surface area contributed by atoms with E-state index in [1.54, 1.807) is 0 Å². The topological polar surface area (TPSA) is 26.3 Å². The molecule has 0 heterocycles. The first-order chi connectivity index (χ1) is 10.5. The summed E-state index contributed by atoms with van der Waals surface area (Å²) in [5, 5.41) is 0. The third-order valence-electron chi connectivity index (χ3n) is 4.22. The molecule has 2 nitrogen and oxygen atoms in total. The minimum absolute atomic E-state index is 0.0732. The van der Waals surface area contributed by atoms with E-state index in [9.17, 15) is 22.4 Å². The molecular weight excluding hydrogens is 359 g/mol. The van der Waals surface area contributed by atoms with Crippen LogP contribution in [0.25, 0.3) is 0 Å². The number of hydrogen-bond acceptors (Lipinski definition) is 2. The number of alkyl halides is 2. The molecule has 2 rings (SSSR count). The van der Waals surface area contributed by atoms with E-state index < -0.39 is 50.5 Å². The van der Waals surface area contributed by atoms with Crippen molar-refractivity contribution in [3.8, 4) is 0 Å². The highest BCUT2D eigenvalue weighted by atomic mass is 35.5. The SMILES string of the molecule is COC(=O)C1(c2c(F)c(F)cc(F)c2F)C(=CC(Cl)Cl)C1(C)C. The quantitative estimate of drug-likeness (QED) is 0.259. The van der Waals surface area contributed by atoms with Gasteiger partial charge in [0.25, 0.3) is 0 Å². The van der Waals surface area contributed by atoms with Crippen LogP contribution in [-0.4, -0.2) is 17.9 Å². The van der Waals surface area contributed by atoms with Crippen molar-refractivity contribution in [3.05, 3.63) is 46.5 Å². The molecule has 0 radical (unpaired) electrons. The van der Waals surface area contributed by atoms with Crippen LogP contribution < -0.4 is 0 Å². The number of benzene rings is 1. The number of ether oxygens (including phenoxy) is 1. The number of methoxy groups -OCH3 is 1. The predicted molar refractivity (Wildman–Crippen MR) is 77.3 cm³/mol. The van der Waals surface area contributed by atoms with Crippen molar-refractivity contribution < 1.29 is 27.1 Å². The van der Waals surface area contributed by atoms with Crippen molar-refractivity contribution in [2.45, 2.75) is 24.1 Å². The minimum Gasteiger partial charge on any atom is -0.468 e. The molecule has 0 bridgehead atoms. The Bertz CT molecular complexity index is 690. The Morgan fingerprint density at radius 3 is 2.04 bits per heavy atom. The van der Waals surface area contributed by atoms with Crippen LogP contribution in [0, 0.1) is 28.7 Å². The van der Waals surface area contributed by atoms with Crippen LogP contribution >= 0.6 is 23.2 Å². The van der Waals surface area contributed by atoms with Crippen LogP contribution in [0.2, 0.25) is 0 Å². The van der Waals surface area contributed by atoms with E-state index in [1.807, 2.05) is 0 Å². The van der Waals surface area contributed by atoms with Gasteiger partial charge < -0.3 is 4.74 Å². The van der Waals surface area contributed by atoms with Gasteiger partial charge in [0.2, 0.25) is 0 Å². The average Bonchev–Trinajstić information content (AvgIpc) is 2.92. The zero-order chi connectivity index (χ0) is 17.7. The highest BCUT2D eigenvalue weighted by molar-refractivity contribution is 6.45. The summed E-state index contributed by atoms with van der Waals surface area (Å²) < 4.78 is 60.3. The molecule has 126 valence electrons. The van der Waals surface area contributed by atoms with Gasteiger partial charge in [-0.1, -0.05) is 19.9 Å². The highest BCUT2D eigenvalue weighted by Gasteiger charge is 2.75. The number of carbonyl (C=O) groups excluding carboxylic acids is 1. The highest BCUT2D eigenvalue weighted by Crippen LogP contribution is 2.70. The van der Waals surface area contributed by atoms with Crippen LogP contribution in [0.4, 0.5) is 17.6 Å². The summed E-state index contributed by atoms with van der Waals surface area (Å²) in [6.45, 7) is 2.93. The largest absolute Gasteiger partial charge is 0.468 e. The summed E-state index contributed by atoms with van der Waals surface area (Å²) in [6.07, 6.45) is 1.20. The van der Waals surface area contributed by atoms with E-state index in [0.29, 0.717) is 0 Å². The molecule has 0 aromatic heterocycles. The lowest BCUT2D eigenvalue weighted by Crippen LogP contribution is -2.31. The number of carbonyl (C=O) groups is 1. The summed E-state index contributed by atoms with van der Waals surface area (Å²) in [7, 11) is 1.00. The molecule has 0 amide bonds. The molecule has 1 fully saturated rings. The number of esters is 1. The molecule has 1 aliphatic carbocycles. The fraction of sp³-hybridized carbons (Fsp3) is 0.400. The van der Waals surface area contributed by atoms with Crippen molar-refractivity contribution in [1.29, 1.82) is 0 Å². The first kappa shape index (κ1) is 18.1. The Labute approximate surface area is 140 Å². The second-order valence-electron chi connectivity index (χ2n) is 5.62. The van der Waals surface area contributed by atoms with E-state index in [0.717, 1.165) is 7.11 Å². The monoisotopic (exact) mass is 370 g/mol. The summed E-state index contributed by atoms with van der Waals surface area (Å²) in [5.41, 5.74) is -4.16. The van der Waals surface area contributed by atoms with Gasteiger partial charge in [0.05, 0.1) is 12.7 Å². The van der Waals surface area contributed by atoms with Crippen molar-refractivity contribution in [2.75, 3.05) is 7.11 Å². The molecule has 8 heteroatoms. The number of halogens is 6. The van der Waals surface area contributed by atoms with Gasteiger partial charge in [-0.25, -0.2) is 17.6 Å². The maximum Gasteiger partial charge on any atom is 0.321 e. The normalized spacial score (nSPS) is 24.2. The van der Waals surface area contributed by atoms with Crippen LogP contribution in [0.15, 0.2) is 17.7 Å². The van der Waals surface area contributed by atoms with Crippen LogP contribution in [0.5, 0.6) is 0 Å². The number of allylic oxidation sites excluding steroid dienone is 1. The smallest absolute Gasteiger partial charge is 0.321 e. The van der Waals surface area contributed by atoms with Gasteiger partial charge in [0.1, 0.15) is 10.3 Å². The molecule has 1 atom stereocenters. The van der Waals surface area contributed by atoms with Crippen molar-refractivity contribution in [3.63, 3.8) is 0 Å². The molecule has 0 N–H and O–H groups in total. The van der Waals surface area contributed by atoms with Gasteiger partial charge >= 0.3 is 5.97 Å². The fourth-order valence-corrected chi connectivity index (χ4v) is 3.37. The standard InChI is InChI=1S/C15H12Cl2F4O2/c1-14(2)8(5-9(16)17)15(14,13(22)23-3)10-11(20)6(18)4-7(19)12(10)21/h4-5,9H,1-3H3. The van der Waals surface area contributed by atoms with Crippen LogP contribution in [-0.2, 0) is 14.9 Å². The molecule has 23 heavy (non-hydrogen) atoms. The van der Waals surface area contributed by atoms with Gasteiger partial charge in [-0.2, -0.15) is 0 Å². The molecule has 1 aromatic rings. The third-order valence-corrected chi connectivity index (χ3v) is 4.48. The van der Waals surface area contributed by atoms with Gasteiger partial charge in [0.15, 0.2) is 23.3 Å². The van der Waals surface area contributed by atoms with Gasteiger partial charge in [-0.3, -0.25) is 4.79 Å². The van der Waals surface area contributed by atoms with E-state index in [4.69, 9.17) is 23.2 Å². The zero-order valence-corrected chi connectivity index (χ0v) is 13.8. The van der Waals surface area contributed by atoms with Crippen molar-refractivity contribution >= 4 is 29.2 Å². The summed E-state index contributed by atoms with van der Waals surface area (Å²) >= 11 is 11.3. The summed E-state index contributed by atoms with van der Waals surface area (Å²) in [4.78, 5) is 11.2. The Morgan fingerprint density at radius 2 is 1.65 bits per heavy atom. The van der Waals surface area contributed by atoms with Crippen LogP contribution in [0.1, 0.15) is 19.4 Å². The average molecular weight is 371 g/mol. The molecule has 0 spiro atoms. The van der Waals surface area contributed by atoms with E-state index in [-0.39, 0.29) is 11.6 Å². The zero-order valence-electron chi connectivity index (χ0n) is 12.3. The molecule has 1 aliphatic rings. The first-order valence-electron chi connectivity index (χ1n) is 6.46. The van der Waals surface area contributed by atoms with E-state index in [2.05, 4.69) is 4.74 Å². The lowest BCUT2D eigenvalue weighted by atomic mass is 9.86. The second kappa shape index (κ2) is 5.67. The number of hydrogen-bond donors (Lipinski definition) is 0. The molecular formula is C15H12Cl2F4O2. The minimum atomic E-state index is -2.04. The van der Waals surface area contributed by atoms with Gasteiger partial charge in [-0.05, 0) is 5.57 Å². The van der Waals surface area contributed by atoms with E-state index in [1.165, 1.54) is 19.9 Å². The third kappa shape index (κ3) is 2.34. The predicted octanol–water partition coefficient (Wildman–Crippen LogP) is 4.42. The molecule has 1 aromatic carbocycles. The van der Waals surface area contributed by atoms with Crippen LogP contribution in [0.3, 0.4) is 0 Å². The summed E-state index contributed by atoms with van der Waals surface area (Å²) in [5.74, 6) is -7.61. The Morgan fingerprint density at radius 1 is 1.17 bits per heavy atom. The maximum absolute atomic E-state index is 14.2. The molecule has 0 aliphatic heterocycles. The van der Waals surface area contributed by atoms with Gasteiger partial charge in [0, 0.05) is 11.5 Å². The lowest BCUT2D eigenvalue weighted by Gasteiger charge is -2.19. The first-order valence-corrected chi connectivity index (χ1v) is 7.33. The molecule has 1 saturated carbocycles. The maximum atomic E-state index is 14.2. The molecule has 0 saturated heterocycles. The van der Waals surface area contributed by atoms with E-state index >= 15 is 0 Å². The Kier molecular flexibility index (Phi) is 4.45. The lowest BCUT2D eigenvalue weighted by molar-refractivity contribution is -0.144. The molecule has 1 unspecified atom stereocenters. The number of rotatable bonds is 3. The Hall–Kier alpha value is -1.27. The fourth-order valence-electron chi connectivity index (χ4n) is 3.12. The van der Waals surface area contributed by atoms with Gasteiger partial charge in [-0.15, -0.1) is 23.2 Å².